The molecule has 1 heterocycles. The molecule has 3 N–H and O–H groups in total. The summed E-state index contributed by atoms with van der Waals surface area (Å²) in [6, 6.07) is 9.74. The molecule has 0 radical (unpaired) electrons. The third-order valence-electron chi connectivity index (χ3n) is 3.87. The number of nitrogens with zero attached hydrogens (tertiary/aromatic N) is 1. The Morgan fingerprint density at radius 1 is 1.19 bits per heavy atom. The summed E-state index contributed by atoms with van der Waals surface area (Å²) >= 11 is 2.69. The average molecular weight is 392 g/mol. The fourth-order valence-electron chi connectivity index (χ4n) is 2.69. The van der Waals surface area contributed by atoms with Crippen LogP contribution in [0.5, 0.6) is 0 Å². The Morgan fingerprint density at radius 2 is 1.85 bits per heavy atom. The molecule has 7 heteroatoms. The van der Waals surface area contributed by atoms with Crippen LogP contribution in [0.1, 0.15) is 39.5 Å². The minimum Gasteiger partial charge on any atom is -0.369 e. The lowest BCUT2D eigenvalue weighted by Gasteiger charge is -2.15. The Hall–Kier alpha value is -1.86. The van der Waals surface area contributed by atoms with Gasteiger partial charge in [0.05, 0.1) is 5.75 Å². The zero-order valence-corrected chi connectivity index (χ0v) is 16.8. The largest absolute Gasteiger partial charge is 0.369 e. The van der Waals surface area contributed by atoms with Crippen LogP contribution in [0.25, 0.3) is 11.3 Å². The van der Waals surface area contributed by atoms with E-state index >= 15 is 0 Å². The van der Waals surface area contributed by atoms with E-state index in [2.05, 4.69) is 24.1 Å². The zero-order chi connectivity index (χ0) is 18.9. The molecule has 0 spiro atoms. The van der Waals surface area contributed by atoms with Gasteiger partial charge in [0.25, 0.3) is 0 Å². The van der Waals surface area contributed by atoms with Crippen molar-refractivity contribution in [2.24, 2.45) is 11.7 Å². The molecule has 0 fully saturated rings. The molecule has 0 bridgehead atoms. The standard InChI is InChI=1S/C19H25N3O2S2/c1-3-8-14(9-4-2)17(24)22-18-16(13-10-6-5-7-11-13)21-19(26-18)25-12-15(20)23/h5-7,10-11,14H,3-4,8-9,12H2,1-2H3,(H2,20,23)(H,22,24). The number of primary amides is 1. The molecule has 0 unspecified atom stereocenters. The maximum atomic E-state index is 12.7. The van der Waals surface area contributed by atoms with Crippen molar-refractivity contribution in [2.75, 3.05) is 11.1 Å². The Morgan fingerprint density at radius 3 is 2.42 bits per heavy atom. The first kappa shape index (κ1) is 20.5. The second kappa shape index (κ2) is 10.3. The number of anilines is 1. The van der Waals surface area contributed by atoms with E-state index in [1.54, 1.807) is 0 Å². The molecule has 0 aliphatic heterocycles. The Kier molecular flexibility index (Phi) is 8.12. The molecule has 0 atom stereocenters. The first-order valence-electron chi connectivity index (χ1n) is 8.83. The van der Waals surface area contributed by atoms with Crippen LogP contribution in [0.3, 0.4) is 0 Å². The van der Waals surface area contributed by atoms with Crippen LogP contribution in [0, 0.1) is 5.92 Å². The first-order chi connectivity index (χ1) is 12.5. The van der Waals surface area contributed by atoms with Crippen molar-refractivity contribution in [3.8, 4) is 11.3 Å². The van der Waals surface area contributed by atoms with Crippen molar-refractivity contribution in [1.29, 1.82) is 0 Å². The molecule has 1 aromatic heterocycles. The molecular weight excluding hydrogens is 366 g/mol. The summed E-state index contributed by atoms with van der Waals surface area (Å²) in [7, 11) is 0. The molecule has 0 aliphatic rings. The summed E-state index contributed by atoms with van der Waals surface area (Å²) < 4.78 is 0.723. The van der Waals surface area contributed by atoms with Gasteiger partial charge in [0.2, 0.25) is 11.8 Å². The van der Waals surface area contributed by atoms with E-state index in [1.807, 2.05) is 30.3 Å². The lowest BCUT2D eigenvalue weighted by atomic mass is 9.97. The predicted molar refractivity (Wildman–Crippen MR) is 109 cm³/mol. The van der Waals surface area contributed by atoms with Crippen LogP contribution in [0.4, 0.5) is 5.00 Å². The second-order valence-corrected chi connectivity index (χ2v) is 8.26. The first-order valence-corrected chi connectivity index (χ1v) is 10.6. The number of nitrogens with two attached hydrogens (primary N) is 1. The minimum atomic E-state index is -0.386. The molecular formula is C19H25N3O2S2. The van der Waals surface area contributed by atoms with Crippen molar-refractivity contribution in [2.45, 2.75) is 43.9 Å². The molecule has 2 aromatic rings. The number of nitrogens with one attached hydrogen (secondary N) is 1. The van der Waals surface area contributed by atoms with Gasteiger partial charge in [0.15, 0.2) is 4.34 Å². The quantitative estimate of drug-likeness (QED) is 0.582. The van der Waals surface area contributed by atoms with Crippen LogP contribution >= 0.6 is 23.1 Å². The predicted octanol–water partition coefficient (Wildman–Crippen LogP) is 4.54. The third-order valence-corrected chi connectivity index (χ3v) is 6.01. The van der Waals surface area contributed by atoms with Gasteiger partial charge < -0.3 is 11.1 Å². The Bertz CT molecular complexity index is 726. The monoisotopic (exact) mass is 391 g/mol. The fourth-order valence-corrected chi connectivity index (χ4v) is 4.50. The molecule has 0 saturated heterocycles. The summed E-state index contributed by atoms with van der Waals surface area (Å²) in [5.74, 6) is -0.162. The molecule has 140 valence electrons. The number of rotatable bonds is 10. The van der Waals surface area contributed by atoms with Crippen molar-refractivity contribution in [3.05, 3.63) is 30.3 Å². The number of benzene rings is 1. The van der Waals surface area contributed by atoms with Crippen molar-refractivity contribution in [3.63, 3.8) is 0 Å². The molecule has 0 aliphatic carbocycles. The zero-order valence-electron chi connectivity index (χ0n) is 15.2. The fraction of sp³-hybridized carbons (Fsp3) is 0.421. The number of thioether (sulfide) groups is 1. The van der Waals surface area contributed by atoms with Crippen molar-refractivity contribution >= 4 is 39.9 Å². The summed E-state index contributed by atoms with van der Waals surface area (Å²) in [6.07, 6.45) is 3.71. The summed E-state index contributed by atoms with van der Waals surface area (Å²) in [5, 5.41) is 3.80. The van der Waals surface area contributed by atoms with Crippen molar-refractivity contribution in [1.82, 2.24) is 4.98 Å². The number of aromatic nitrogens is 1. The van der Waals surface area contributed by atoms with E-state index in [-0.39, 0.29) is 23.5 Å². The van der Waals surface area contributed by atoms with Gasteiger partial charge in [-0.2, -0.15) is 0 Å². The van der Waals surface area contributed by atoms with Crippen molar-refractivity contribution < 1.29 is 9.59 Å². The number of hydrogen-bond donors (Lipinski definition) is 2. The highest BCUT2D eigenvalue weighted by molar-refractivity contribution is 8.01. The number of hydrogen-bond acceptors (Lipinski definition) is 5. The normalized spacial score (nSPS) is 10.9. The van der Waals surface area contributed by atoms with Crippen LogP contribution in [-0.2, 0) is 9.59 Å². The molecule has 1 aromatic carbocycles. The highest BCUT2D eigenvalue weighted by atomic mass is 32.2. The van der Waals surface area contributed by atoms with E-state index in [1.165, 1.54) is 23.1 Å². The molecule has 2 amide bonds. The van der Waals surface area contributed by atoms with E-state index in [4.69, 9.17) is 5.73 Å². The number of carbonyl (C=O) groups is 2. The second-order valence-electron chi connectivity index (χ2n) is 6.04. The van der Waals surface area contributed by atoms with E-state index in [9.17, 15) is 9.59 Å². The van der Waals surface area contributed by atoms with Gasteiger partial charge in [-0.15, -0.1) is 0 Å². The minimum absolute atomic E-state index is 0.0115. The maximum absolute atomic E-state index is 12.7. The summed E-state index contributed by atoms with van der Waals surface area (Å²) in [4.78, 5) is 28.4. The Labute approximate surface area is 162 Å². The van der Waals surface area contributed by atoms with Gasteiger partial charge in [-0.25, -0.2) is 4.98 Å². The topological polar surface area (TPSA) is 85.1 Å². The van der Waals surface area contributed by atoms with Gasteiger partial charge >= 0.3 is 0 Å². The van der Waals surface area contributed by atoms with Crippen LogP contribution in [0.15, 0.2) is 34.7 Å². The van der Waals surface area contributed by atoms with Gasteiger partial charge in [-0.05, 0) is 12.8 Å². The lowest BCUT2D eigenvalue weighted by Crippen LogP contribution is -2.22. The summed E-state index contributed by atoms with van der Waals surface area (Å²) in [6.45, 7) is 4.19. The van der Waals surface area contributed by atoms with Crippen LogP contribution in [-0.4, -0.2) is 22.6 Å². The molecule has 2 rings (SSSR count). The molecule has 5 nitrogen and oxygen atoms in total. The lowest BCUT2D eigenvalue weighted by molar-refractivity contribution is -0.120. The summed E-state index contributed by atoms with van der Waals surface area (Å²) in [5.41, 5.74) is 6.91. The van der Waals surface area contributed by atoms with Crippen LogP contribution in [0.2, 0.25) is 0 Å². The Balaban J connectivity index is 2.26. The maximum Gasteiger partial charge on any atom is 0.228 e. The SMILES string of the molecule is CCCC(CCC)C(=O)Nc1sc(SCC(N)=O)nc1-c1ccccc1. The average Bonchev–Trinajstić information content (AvgIpc) is 3.03. The number of amides is 2. The van der Waals surface area contributed by atoms with E-state index < -0.39 is 0 Å². The van der Waals surface area contributed by atoms with Gasteiger partial charge in [0.1, 0.15) is 10.7 Å². The molecule has 0 saturated carbocycles. The van der Waals surface area contributed by atoms with E-state index in [0.29, 0.717) is 0 Å². The third kappa shape index (κ3) is 5.85. The highest BCUT2D eigenvalue weighted by Gasteiger charge is 2.21. The highest BCUT2D eigenvalue weighted by Crippen LogP contribution is 2.38. The molecule has 26 heavy (non-hydrogen) atoms. The van der Waals surface area contributed by atoms with Gasteiger partial charge in [0, 0.05) is 11.5 Å². The van der Waals surface area contributed by atoms with Gasteiger partial charge in [-0.3, -0.25) is 9.59 Å². The van der Waals surface area contributed by atoms with Crippen LogP contribution < -0.4 is 11.1 Å². The number of thiazole rings is 1. The smallest absolute Gasteiger partial charge is 0.228 e. The van der Waals surface area contributed by atoms with E-state index in [0.717, 1.165) is 46.3 Å². The number of carbonyl (C=O) groups excluding carboxylic acids is 2. The van der Waals surface area contributed by atoms with Gasteiger partial charge in [-0.1, -0.05) is 80.1 Å².